The van der Waals surface area contributed by atoms with Gasteiger partial charge < -0.3 is 9.88 Å². The number of carbonyl (C=O) groups is 1. The maximum absolute atomic E-state index is 13.0. The van der Waals surface area contributed by atoms with Crippen molar-refractivity contribution in [3.05, 3.63) is 36.3 Å². The predicted octanol–water partition coefficient (Wildman–Crippen LogP) is 3.32. The van der Waals surface area contributed by atoms with Crippen LogP contribution in [0.15, 0.2) is 30.7 Å². The number of H-pyrrole nitrogens is 1. The minimum absolute atomic E-state index is 0.160. The number of fused-ring (bicyclic) bond motifs is 3. The Morgan fingerprint density at radius 2 is 2.00 bits per heavy atom. The van der Waals surface area contributed by atoms with Crippen molar-refractivity contribution in [2.75, 3.05) is 19.3 Å². The van der Waals surface area contributed by atoms with Gasteiger partial charge in [0.25, 0.3) is 0 Å². The molecule has 0 aromatic carbocycles. The summed E-state index contributed by atoms with van der Waals surface area (Å²) in [4.78, 5) is 27.0. The summed E-state index contributed by atoms with van der Waals surface area (Å²) in [5, 5.41) is 2.32. The molecule has 1 saturated carbocycles. The number of hydrogen-bond donors (Lipinski definition) is 2. The number of carbonyl (C=O) groups excluding carboxylic acids is 1. The minimum Gasteiger partial charge on any atom is -0.346 e. The Hall–Kier alpha value is -2.52. The lowest BCUT2D eigenvalue weighted by atomic mass is 9.76. The van der Waals surface area contributed by atoms with Gasteiger partial charge in [0.1, 0.15) is 5.65 Å². The van der Waals surface area contributed by atoms with Crippen LogP contribution in [-0.2, 0) is 14.8 Å². The fourth-order valence-corrected chi connectivity index (χ4v) is 6.47. The number of aromatic amines is 1. The highest BCUT2D eigenvalue weighted by molar-refractivity contribution is 7.88. The number of sulfonamides is 1. The van der Waals surface area contributed by atoms with Crippen molar-refractivity contribution in [3.63, 3.8) is 0 Å². The number of nitrogens with one attached hydrogen (secondary N) is 2. The average molecular weight is 470 g/mol. The molecule has 0 radical (unpaired) electrons. The number of likely N-dealkylation sites (tertiary alicyclic amines) is 1. The van der Waals surface area contributed by atoms with E-state index >= 15 is 0 Å². The molecule has 1 atom stereocenters. The lowest BCUT2D eigenvalue weighted by molar-refractivity contribution is -0.133. The van der Waals surface area contributed by atoms with Crippen molar-refractivity contribution in [1.82, 2.24) is 24.6 Å². The maximum atomic E-state index is 13.0. The molecule has 2 N–H and O–H groups in total. The fourth-order valence-electron chi connectivity index (χ4n) is 5.68. The zero-order chi connectivity index (χ0) is 23.0. The van der Waals surface area contributed by atoms with Crippen LogP contribution in [-0.4, -0.2) is 59.6 Å². The van der Waals surface area contributed by atoms with E-state index in [0.29, 0.717) is 24.8 Å². The Labute approximate surface area is 194 Å². The van der Waals surface area contributed by atoms with Gasteiger partial charge in [0.2, 0.25) is 15.9 Å². The van der Waals surface area contributed by atoms with Crippen LogP contribution in [0, 0.1) is 5.92 Å². The van der Waals surface area contributed by atoms with Gasteiger partial charge in [-0.25, -0.2) is 18.1 Å². The maximum Gasteiger partial charge on any atom is 0.222 e. The van der Waals surface area contributed by atoms with Crippen LogP contribution >= 0.6 is 0 Å². The second kappa shape index (κ2) is 9.02. The number of pyridine rings is 2. The highest BCUT2D eigenvalue weighted by atomic mass is 32.2. The Bertz CT molecular complexity index is 1260. The Kier molecular flexibility index (Phi) is 6.09. The van der Waals surface area contributed by atoms with Crippen LogP contribution in [0.2, 0.25) is 0 Å². The topological polar surface area (TPSA) is 108 Å². The largest absolute Gasteiger partial charge is 0.346 e. The van der Waals surface area contributed by atoms with E-state index in [1.165, 1.54) is 17.2 Å². The van der Waals surface area contributed by atoms with Crippen molar-refractivity contribution < 1.29 is 13.2 Å². The second-order valence-electron chi connectivity index (χ2n) is 9.65. The summed E-state index contributed by atoms with van der Waals surface area (Å²) in [6, 6.07) is 4.05. The lowest BCUT2D eigenvalue weighted by Crippen LogP contribution is -2.49. The molecule has 0 spiro atoms. The molecular weight excluding hydrogens is 438 g/mol. The van der Waals surface area contributed by atoms with Crippen LogP contribution in [0.1, 0.15) is 56.4 Å². The van der Waals surface area contributed by atoms with E-state index in [2.05, 4.69) is 31.8 Å². The van der Waals surface area contributed by atoms with Crippen molar-refractivity contribution in [1.29, 1.82) is 0 Å². The van der Waals surface area contributed by atoms with E-state index in [0.717, 1.165) is 61.6 Å². The molecule has 0 bridgehead atoms. The van der Waals surface area contributed by atoms with Crippen LogP contribution in [0.25, 0.3) is 21.9 Å². The Morgan fingerprint density at radius 1 is 1.18 bits per heavy atom. The Balaban J connectivity index is 1.22. The first kappa shape index (κ1) is 22.3. The van der Waals surface area contributed by atoms with Gasteiger partial charge >= 0.3 is 0 Å². The molecule has 4 heterocycles. The molecule has 2 fully saturated rings. The zero-order valence-corrected chi connectivity index (χ0v) is 19.8. The first-order chi connectivity index (χ1) is 15.9. The summed E-state index contributed by atoms with van der Waals surface area (Å²) in [5.74, 6) is 1.01. The van der Waals surface area contributed by atoms with E-state index in [9.17, 15) is 13.2 Å². The summed E-state index contributed by atoms with van der Waals surface area (Å²) in [7, 11) is -3.26. The van der Waals surface area contributed by atoms with Gasteiger partial charge in [-0.2, -0.15) is 0 Å². The normalized spacial score (nSPS) is 24.4. The molecule has 9 heteroatoms. The van der Waals surface area contributed by atoms with Crippen LogP contribution in [0.3, 0.4) is 0 Å². The molecule has 1 unspecified atom stereocenters. The van der Waals surface area contributed by atoms with E-state index in [1.54, 1.807) is 0 Å². The number of amides is 1. The average Bonchev–Trinajstić information content (AvgIpc) is 3.27. The van der Waals surface area contributed by atoms with Crippen molar-refractivity contribution in [3.8, 4) is 0 Å². The predicted molar refractivity (Wildman–Crippen MR) is 128 cm³/mol. The second-order valence-corrected chi connectivity index (χ2v) is 11.4. The summed E-state index contributed by atoms with van der Waals surface area (Å²) in [6.07, 6.45) is 13.2. The third-order valence-electron chi connectivity index (χ3n) is 7.23. The minimum atomic E-state index is -3.26. The first-order valence-corrected chi connectivity index (χ1v) is 13.7. The third-order valence-corrected chi connectivity index (χ3v) is 7.99. The van der Waals surface area contributed by atoms with Crippen molar-refractivity contribution in [2.45, 2.75) is 56.9 Å². The number of piperidine rings is 1. The highest BCUT2D eigenvalue weighted by Crippen LogP contribution is 2.40. The summed E-state index contributed by atoms with van der Waals surface area (Å²) < 4.78 is 25.8. The molecular formula is C24H31N5O3S. The smallest absolute Gasteiger partial charge is 0.222 e. The van der Waals surface area contributed by atoms with Crippen LogP contribution < -0.4 is 4.72 Å². The van der Waals surface area contributed by atoms with Gasteiger partial charge in [-0.15, -0.1) is 0 Å². The van der Waals surface area contributed by atoms with E-state index in [1.807, 2.05) is 23.5 Å². The number of nitrogens with zero attached hydrogens (tertiary/aromatic N) is 3. The van der Waals surface area contributed by atoms with Gasteiger partial charge in [-0.3, -0.25) is 9.78 Å². The molecule has 3 aromatic rings. The molecule has 33 heavy (non-hydrogen) atoms. The molecule has 1 amide bonds. The zero-order valence-electron chi connectivity index (χ0n) is 19.0. The van der Waals surface area contributed by atoms with Gasteiger partial charge in [-0.1, -0.05) is 0 Å². The quantitative estimate of drug-likeness (QED) is 0.596. The fraction of sp³-hybridized carbons (Fsp3) is 0.542. The summed E-state index contributed by atoms with van der Waals surface area (Å²) in [5.41, 5.74) is 3.16. The molecule has 8 nitrogen and oxygen atoms in total. The Morgan fingerprint density at radius 3 is 2.79 bits per heavy atom. The molecule has 2 aliphatic rings. The molecule has 5 rings (SSSR count). The highest BCUT2D eigenvalue weighted by Gasteiger charge is 2.30. The molecule has 1 aliphatic carbocycles. The summed E-state index contributed by atoms with van der Waals surface area (Å²) >= 11 is 0. The lowest BCUT2D eigenvalue weighted by Gasteiger charge is -2.35. The van der Waals surface area contributed by atoms with Crippen LogP contribution in [0.5, 0.6) is 0 Å². The van der Waals surface area contributed by atoms with E-state index < -0.39 is 10.0 Å². The molecule has 1 aliphatic heterocycles. The van der Waals surface area contributed by atoms with E-state index in [-0.39, 0.29) is 11.9 Å². The number of rotatable bonds is 5. The molecule has 3 aromatic heterocycles. The number of hydrogen-bond acceptors (Lipinski definition) is 5. The first-order valence-electron chi connectivity index (χ1n) is 11.8. The number of aromatic nitrogens is 3. The van der Waals surface area contributed by atoms with E-state index in [4.69, 9.17) is 0 Å². The van der Waals surface area contributed by atoms with Gasteiger partial charge in [0.15, 0.2) is 0 Å². The molecule has 1 saturated heterocycles. The molecule has 176 valence electrons. The van der Waals surface area contributed by atoms with Crippen molar-refractivity contribution in [2.24, 2.45) is 5.92 Å². The third kappa shape index (κ3) is 4.89. The van der Waals surface area contributed by atoms with Gasteiger partial charge in [-0.05, 0) is 68.1 Å². The monoisotopic (exact) mass is 469 g/mol. The standard InChI is InChI=1S/C24H31N5O3S/c1-33(31,32)28-18-3-2-12-29(15-18)22(30)13-16-4-6-17(7-5-16)19-8-10-25-21-14-27-24-20(23(19)21)9-11-26-24/h8-11,14,16-18,28H,2-7,12-13,15H2,1H3,(H,26,27). The van der Waals surface area contributed by atoms with Gasteiger partial charge in [0, 0.05) is 48.7 Å². The van der Waals surface area contributed by atoms with Crippen LogP contribution in [0.4, 0.5) is 0 Å². The SMILES string of the molecule is CS(=O)(=O)NC1CCCN(C(=O)CC2CCC(c3ccnc4cnc5[nH]ccc5c34)CC2)C1. The van der Waals surface area contributed by atoms with Crippen molar-refractivity contribution >= 4 is 37.9 Å². The van der Waals surface area contributed by atoms with Gasteiger partial charge in [0.05, 0.1) is 18.0 Å². The summed E-state index contributed by atoms with van der Waals surface area (Å²) in [6.45, 7) is 1.20.